The van der Waals surface area contributed by atoms with E-state index in [0.717, 1.165) is 25.2 Å². The summed E-state index contributed by atoms with van der Waals surface area (Å²) in [6.45, 7) is 0. The number of methoxy groups -OCH3 is 2. The molecule has 1 aliphatic heterocycles. The lowest BCUT2D eigenvalue weighted by molar-refractivity contribution is -0.139. The van der Waals surface area contributed by atoms with E-state index in [4.69, 9.17) is 23.2 Å². The van der Waals surface area contributed by atoms with Crippen LogP contribution in [0.1, 0.15) is 5.56 Å². The molecule has 0 spiro atoms. The highest BCUT2D eigenvalue weighted by molar-refractivity contribution is 6.38. The number of carbonyl (C=O) groups is 2. The number of allylic oxidation sites excluding steroid dienone is 2. The lowest BCUT2D eigenvalue weighted by Crippen LogP contribution is -2.27. The highest BCUT2D eigenvalue weighted by atomic mass is 35.5. The second-order valence-electron chi connectivity index (χ2n) is 5.07. The third-order valence-electron chi connectivity index (χ3n) is 3.50. The van der Waals surface area contributed by atoms with Gasteiger partial charge in [0, 0.05) is 6.20 Å². The van der Waals surface area contributed by atoms with Gasteiger partial charge < -0.3 is 14.4 Å². The first kappa shape index (κ1) is 20.9. The van der Waals surface area contributed by atoms with Crippen LogP contribution in [0.3, 0.4) is 0 Å². The average molecular weight is 422 g/mol. The standard InChI is InChI=1S/C17H12Cl2F3NO4/c1-26-15(24)9-5-3-4-8-23(14(9)16(25)27-2)11-7-6-10(18)12(13(11)19)17(20,21)22/h3-8H,1-2H3. The molecule has 0 bridgehead atoms. The number of hydrogen-bond donors (Lipinski definition) is 0. The van der Waals surface area contributed by atoms with E-state index in [1.807, 2.05) is 0 Å². The van der Waals surface area contributed by atoms with Gasteiger partial charge in [-0.2, -0.15) is 13.2 Å². The summed E-state index contributed by atoms with van der Waals surface area (Å²) in [6, 6.07) is 2.18. The highest BCUT2D eigenvalue weighted by Gasteiger charge is 2.38. The maximum Gasteiger partial charge on any atom is 0.419 e. The minimum Gasteiger partial charge on any atom is -0.465 e. The maximum absolute atomic E-state index is 13.3. The van der Waals surface area contributed by atoms with Gasteiger partial charge in [0.2, 0.25) is 0 Å². The third kappa shape index (κ3) is 4.12. The Kier molecular flexibility index (Phi) is 6.22. The second kappa shape index (κ2) is 8.06. The number of nitrogens with zero attached hydrogens (tertiary/aromatic N) is 1. The monoisotopic (exact) mass is 421 g/mol. The van der Waals surface area contributed by atoms with Crippen molar-refractivity contribution in [2.75, 3.05) is 19.1 Å². The highest BCUT2D eigenvalue weighted by Crippen LogP contribution is 2.45. The largest absolute Gasteiger partial charge is 0.465 e. The van der Waals surface area contributed by atoms with E-state index in [1.165, 1.54) is 30.5 Å². The van der Waals surface area contributed by atoms with Gasteiger partial charge >= 0.3 is 18.1 Å². The number of hydrogen-bond acceptors (Lipinski definition) is 5. The molecule has 144 valence electrons. The van der Waals surface area contributed by atoms with E-state index in [2.05, 4.69) is 9.47 Å². The minimum atomic E-state index is -4.84. The summed E-state index contributed by atoms with van der Waals surface area (Å²) in [6.07, 6.45) is 0.496. The summed E-state index contributed by atoms with van der Waals surface area (Å²) in [5.74, 6) is -1.87. The van der Waals surface area contributed by atoms with Crippen molar-refractivity contribution in [3.63, 3.8) is 0 Å². The van der Waals surface area contributed by atoms with Crippen LogP contribution in [0.25, 0.3) is 0 Å². The van der Waals surface area contributed by atoms with Crippen molar-refractivity contribution in [3.05, 3.63) is 63.4 Å². The molecule has 1 aromatic rings. The van der Waals surface area contributed by atoms with Gasteiger partial charge in [0.1, 0.15) is 5.70 Å². The molecule has 1 aliphatic rings. The molecule has 2 rings (SSSR count). The zero-order valence-corrected chi connectivity index (χ0v) is 15.4. The normalized spacial score (nSPS) is 14.3. The second-order valence-corrected chi connectivity index (χ2v) is 5.85. The number of benzene rings is 1. The van der Waals surface area contributed by atoms with Gasteiger partial charge in [-0.05, 0) is 24.3 Å². The van der Waals surface area contributed by atoms with Crippen molar-refractivity contribution in [2.24, 2.45) is 0 Å². The van der Waals surface area contributed by atoms with Gasteiger partial charge in [-0.1, -0.05) is 29.3 Å². The van der Waals surface area contributed by atoms with Crippen LogP contribution in [0.4, 0.5) is 18.9 Å². The van der Waals surface area contributed by atoms with Crippen LogP contribution in [-0.4, -0.2) is 26.2 Å². The predicted molar refractivity (Wildman–Crippen MR) is 93.3 cm³/mol. The van der Waals surface area contributed by atoms with Crippen molar-refractivity contribution in [1.82, 2.24) is 0 Å². The number of ether oxygens (including phenoxy) is 2. The summed E-state index contributed by atoms with van der Waals surface area (Å²) in [7, 11) is 2.16. The molecule has 0 aliphatic carbocycles. The Labute approximate surface area is 162 Å². The van der Waals surface area contributed by atoms with Gasteiger partial charge in [-0.3, -0.25) is 0 Å². The Morgan fingerprint density at radius 1 is 1.04 bits per heavy atom. The van der Waals surface area contributed by atoms with Crippen LogP contribution in [0.2, 0.25) is 10.0 Å². The Hall–Kier alpha value is -2.45. The smallest absolute Gasteiger partial charge is 0.419 e. The van der Waals surface area contributed by atoms with Crippen molar-refractivity contribution in [3.8, 4) is 0 Å². The lowest BCUT2D eigenvalue weighted by atomic mass is 10.1. The predicted octanol–water partition coefficient (Wildman–Crippen LogP) is 4.50. The molecule has 5 nitrogen and oxygen atoms in total. The fraction of sp³-hybridized carbons (Fsp3) is 0.176. The molecule has 0 N–H and O–H groups in total. The minimum absolute atomic E-state index is 0.227. The number of alkyl halides is 3. The molecule has 0 saturated carbocycles. The maximum atomic E-state index is 13.3. The molecule has 10 heteroatoms. The topological polar surface area (TPSA) is 55.8 Å². The zero-order chi connectivity index (χ0) is 20.4. The van der Waals surface area contributed by atoms with Gasteiger partial charge in [-0.25, -0.2) is 9.59 Å². The number of rotatable bonds is 3. The van der Waals surface area contributed by atoms with E-state index < -0.39 is 33.7 Å². The van der Waals surface area contributed by atoms with Crippen molar-refractivity contribution in [1.29, 1.82) is 0 Å². The Morgan fingerprint density at radius 3 is 2.22 bits per heavy atom. The van der Waals surface area contributed by atoms with Crippen molar-refractivity contribution >= 4 is 40.8 Å². The fourth-order valence-corrected chi connectivity index (χ4v) is 3.01. The first-order valence-corrected chi connectivity index (χ1v) is 7.99. The SMILES string of the molecule is COC(=O)C1=C(C(=O)OC)N(c2ccc(Cl)c(C(F)(F)F)c2Cl)C=CC=C1. The van der Waals surface area contributed by atoms with Crippen molar-refractivity contribution < 1.29 is 32.2 Å². The molecule has 0 atom stereocenters. The van der Waals surface area contributed by atoms with Gasteiger partial charge in [0.15, 0.2) is 0 Å². The van der Waals surface area contributed by atoms with Crippen LogP contribution < -0.4 is 4.90 Å². The molecule has 27 heavy (non-hydrogen) atoms. The Balaban J connectivity index is 2.79. The van der Waals surface area contributed by atoms with E-state index in [1.54, 1.807) is 0 Å². The number of anilines is 1. The van der Waals surface area contributed by atoms with Crippen LogP contribution in [0.5, 0.6) is 0 Å². The molecule has 0 aromatic heterocycles. The van der Waals surface area contributed by atoms with E-state index in [-0.39, 0.29) is 17.0 Å². The molecule has 1 heterocycles. The van der Waals surface area contributed by atoms with E-state index in [0.29, 0.717) is 0 Å². The number of halogens is 5. The summed E-state index contributed by atoms with van der Waals surface area (Å²) < 4.78 is 49.3. The molecule has 0 unspecified atom stereocenters. The van der Waals surface area contributed by atoms with Crippen LogP contribution in [0, 0.1) is 0 Å². The molecule has 1 aromatic carbocycles. The average Bonchev–Trinajstić information content (AvgIpc) is 2.82. The van der Waals surface area contributed by atoms with Gasteiger partial charge in [-0.15, -0.1) is 0 Å². The fourth-order valence-electron chi connectivity index (χ4n) is 2.34. The van der Waals surface area contributed by atoms with Crippen LogP contribution in [0.15, 0.2) is 47.8 Å². The first-order chi connectivity index (χ1) is 12.6. The third-order valence-corrected chi connectivity index (χ3v) is 4.20. The quantitative estimate of drug-likeness (QED) is 0.672. The van der Waals surface area contributed by atoms with Crippen molar-refractivity contribution in [2.45, 2.75) is 6.18 Å². The summed E-state index contributed by atoms with van der Waals surface area (Å²) in [4.78, 5) is 25.4. The molecule has 0 radical (unpaired) electrons. The first-order valence-electron chi connectivity index (χ1n) is 7.23. The van der Waals surface area contributed by atoms with Gasteiger partial charge in [0.25, 0.3) is 0 Å². The molecule has 0 saturated heterocycles. The zero-order valence-electron chi connectivity index (χ0n) is 13.9. The molecular weight excluding hydrogens is 410 g/mol. The summed E-state index contributed by atoms with van der Waals surface area (Å²) in [5, 5.41) is -1.35. The van der Waals surface area contributed by atoms with Crippen LogP contribution in [-0.2, 0) is 25.2 Å². The van der Waals surface area contributed by atoms with Crippen LogP contribution >= 0.6 is 23.2 Å². The lowest BCUT2D eigenvalue weighted by Gasteiger charge is -2.25. The molecular formula is C17H12Cl2F3NO4. The Bertz CT molecular complexity index is 876. The molecule has 0 fully saturated rings. The number of carbonyl (C=O) groups excluding carboxylic acids is 2. The van der Waals surface area contributed by atoms with Gasteiger partial charge in [0.05, 0.1) is 41.1 Å². The summed E-state index contributed by atoms with van der Waals surface area (Å²) in [5.41, 5.74) is -2.09. The molecule has 0 amide bonds. The Morgan fingerprint density at radius 2 is 1.67 bits per heavy atom. The van der Waals surface area contributed by atoms with E-state index in [9.17, 15) is 22.8 Å². The van der Waals surface area contributed by atoms with E-state index >= 15 is 0 Å². The summed E-state index contributed by atoms with van der Waals surface area (Å²) >= 11 is 11.6. The number of esters is 2.